The SMILES string of the molecule is CCc1ccc(C)c(-c2ccc(Cl)cc2[N+](=O)[O-])c1S(N)(=O)=O. The van der Waals surface area contributed by atoms with E-state index in [1.54, 1.807) is 26.0 Å². The highest BCUT2D eigenvalue weighted by Crippen LogP contribution is 2.39. The van der Waals surface area contributed by atoms with E-state index in [2.05, 4.69) is 0 Å². The fraction of sp³-hybridized carbons (Fsp3) is 0.200. The molecule has 8 heteroatoms. The molecule has 0 unspecified atom stereocenters. The minimum Gasteiger partial charge on any atom is -0.258 e. The van der Waals surface area contributed by atoms with Gasteiger partial charge in [-0.05, 0) is 36.6 Å². The summed E-state index contributed by atoms with van der Waals surface area (Å²) in [6.07, 6.45) is 0.431. The molecule has 0 saturated carbocycles. The largest absolute Gasteiger partial charge is 0.278 e. The van der Waals surface area contributed by atoms with Gasteiger partial charge >= 0.3 is 0 Å². The van der Waals surface area contributed by atoms with E-state index in [0.29, 0.717) is 17.5 Å². The summed E-state index contributed by atoms with van der Waals surface area (Å²) in [5, 5.41) is 16.9. The second-order valence-electron chi connectivity index (χ2n) is 5.06. The van der Waals surface area contributed by atoms with E-state index < -0.39 is 14.9 Å². The topological polar surface area (TPSA) is 103 Å². The van der Waals surface area contributed by atoms with Crippen LogP contribution in [0.1, 0.15) is 18.1 Å². The van der Waals surface area contributed by atoms with E-state index in [4.69, 9.17) is 16.7 Å². The Hall–Kier alpha value is -1.96. The van der Waals surface area contributed by atoms with Gasteiger partial charge in [0.25, 0.3) is 5.69 Å². The Balaban J connectivity index is 2.98. The number of hydrogen-bond acceptors (Lipinski definition) is 4. The second-order valence-corrected chi connectivity index (χ2v) is 7.00. The van der Waals surface area contributed by atoms with Crippen LogP contribution >= 0.6 is 11.6 Å². The van der Waals surface area contributed by atoms with Crippen LogP contribution in [-0.4, -0.2) is 13.3 Å². The molecule has 0 saturated heterocycles. The summed E-state index contributed by atoms with van der Waals surface area (Å²) >= 11 is 5.83. The molecule has 2 aromatic rings. The molecule has 0 aliphatic rings. The molecule has 0 bridgehead atoms. The molecule has 0 aromatic heterocycles. The lowest BCUT2D eigenvalue weighted by atomic mass is 9.96. The van der Waals surface area contributed by atoms with Gasteiger partial charge in [-0.15, -0.1) is 0 Å². The van der Waals surface area contributed by atoms with Crippen molar-refractivity contribution in [2.75, 3.05) is 0 Å². The predicted molar refractivity (Wildman–Crippen MR) is 89.0 cm³/mol. The maximum Gasteiger partial charge on any atom is 0.278 e. The van der Waals surface area contributed by atoms with Crippen molar-refractivity contribution in [2.24, 2.45) is 5.14 Å². The van der Waals surface area contributed by atoms with Crippen LogP contribution in [0.4, 0.5) is 5.69 Å². The van der Waals surface area contributed by atoms with Gasteiger partial charge in [-0.25, -0.2) is 13.6 Å². The maximum absolute atomic E-state index is 12.1. The van der Waals surface area contributed by atoms with Gasteiger partial charge in [0.2, 0.25) is 10.0 Å². The molecule has 0 spiro atoms. The summed E-state index contributed by atoms with van der Waals surface area (Å²) < 4.78 is 24.2. The molecule has 23 heavy (non-hydrogen) atoms. The van der Waals surface area contributed by atoms with Crippen LogP contribution in [0.25, 0.3) is 11.1 Å². The monoisotopic (exact) mass is 354 g/mol. The second kappa shape index (κ2) is 6.27. The van der Waals surface area contributed by atoms with Crippen LogP contribution in [0.5, 0.6) is 0 Å². The van der Waals surface area contributed by atoms with E-state index in [1.807, 2.05) is 0 Å². The fourth-order valence-corrected chi connectivity index (χ4v) is 3.83. The number of benzene rings is 2. The standard InChI is InChI=1S/C15H15ClN2O4S/c1-3-10-5-4-9(2)14(15(10)23(17,21)22)12-7-6-11(16)8-13(12)18(19)20/h4-8H,3H2,1-2H3,(H2,17,21,22). The highest BCUT2D eigenvalue weighted by atomic mass is 35.5. The minimum absolute atomic E-state index is 0.0783. The molecule has 0 atom stereocenters. The van der Waals surface area contributed by atoms with Crippen LogP contribution in [0.15, 0.2) is 35.2 Å². The van der Waals surface area contributed by atoms with Crippen molar-refractivity contribution in [1.29, 1.82) is 0 Å². The summed E-state index contributed by atoms with van der Waals surface area (Å²) in [5.74, 6) is 0. The Kier molecular flexibility index (Phi) is 4.74. The van der Waals surface area contributed by atoms with Crippen LogP contribution in [0.3, 0.4) is 0 Å². The summed E-state index contributed by atoms with van der Waals surface area (Å²) in [6, 6.07) is 7.51. The normalized spacial score (nSPS) is 11.5. The zero-order valence-corrected chi connectivity index (χ0v) is 14.1. The number of halogens is 1. The van der Waals surface area contributed by atoms with Gasteiger partial charge in [0.1, 0.15) is 0 Å². The van der Waals surface area contributed by atoms with Crippen LogP contribution in [0, 0.1) is 17.0 Å². The van der Waals surface area contributed by atoms with Crippen LogP contribution < -0.4 is 5.14 Å². The van der Waals surface area contributed by atoms with Crippen molar-refractivity contribution in [3.05, 3.63) is 56.6 Å². The number of nitro groups is 1. The number of hydrogen-bond donors (Lipinski definition) is 1. The molecule has 0 aliphatic heterocycles. The summed E-state index contributed by atoms with van der Waals surface area (Å²) in [5.41, 5.74) is 1.25. The van der Waals surface area contributed by atoms with Gasteiger partial charge in [-0.2, -0.15) is 0 Å². The molecular formula is C15H15ClN2O4S. The average Bonchev–Trinajstić information content (AvgIpc) is 2.46. The highest BCUT2D eigenvalue weighted by Gasteiger charge is 2.26. The van der Waals surface area contributed by atoms with Crippen molar-refractivity contribution in [3.63, 3.8) is 0 Å². The summed E-state index contributed by atoms with van der Waals surface area (Å²) in [4.78, 5) is 10.7. The number of nitrogens with zero attached hydrogens (tertiary/aromatic N) is 1. The number of aryl methyl sites for hydroxylation is 2. The molecule has 2 N–H and O–H groups in total. The Morgan fingerprint density at radius 3 is 2.43 bits per heavy atom. The van der Waals surface area contributed by atoms with Crippen molar-refractivity contribution < 1.29 is 13.3 Å². The number of primary sulfonamides is 1. The van der Waals surface area contributed by atoms with Gasteiger partial charge < -0.3 is 0 Å². The molecule has 6 nitrogen and oxygen atoms in total. The molecule has 2 aromatic carbocycles. The molecular weight excluding hydrogens is 340 g/mol. The first-order chi connectivity index (χ1) is 10.7. The quantitative estimate of drug-likeness (QED) is 0.670. The fourth-order valence-electron chi connectivity index (χ4n) is 2.53. The lowest BCUT2D eigenvalue weighted by Crippen LogP contribution is -2.16. The van der Waals surface area contributed by atoms with E-state index in [9.17, 15) is 18.5 Å². The third-order valence-electron chi connectivity index (χ3n) is 3.54. The van der Waals surface area contributed by atoms with Crippen LogP contribution in [-0.2, 0) is 16.4 Å². The maximum atomic E-state index is 12.1. The summed E-state index contributed by atoms with van der Waals surface area (Å²) in [6.45, 7) is 3.47. The van der Waals surface area contributed by atoms with Gasteiger partial charge in [0.15, 0.2) is 0 Å². The number of rotatable bonds is 4. The number of sulfonamides is 1. The molecule has 0 radical (unpaired) electrons. The lowest BCUT2D eigenvalue weighted by molar-refractivity contribution is -0.384. The third kappa shape index (κ3) is 3.36. The molecule has 0 fully saturated rings. The van der Waals surface area contributed by atoms with Crippen LogP contribution in [0.2, 0.25) is 5.02 Å². The minimum atomic E-state index is -4.06. The third-order valence-corrected chi connectivity index (χ3v) is 4.81. The highest BCUT2D eigenvalue weighted by molar-refractivity contribution is 7.89. The zero-order valence-electron chi connectivity index (χ0n) is 12.5. The van der Waals surface area contributed by atoms with Crippen molar-refractivity contribution >= 4 is 27.3 Å². The molecule has 0 heterocycles. The van der Waals surface area contributed by atoms with Crippen molar-refractivity contribution in [2.45, 2.75) is 25.2 Å². The van der Waals surface area contributed by atoms with E-state index in [-0.39, 0.29) is 26.7 Å². The Bertz CT molecular complexity index is 895. The first kappa shape index (κ1) is 17.4. The van der Waals surface area contributed by atoms with Gasteiger partial charge in [-0.1, -0.05) is 30.7 Å². The molecule has 0 amide bonds. The predicted octanol–water partition coefficient (Wildman–Crippen LogP) is 3.43. The van der Waals surface area contributed by atoms with Crippen molar-refractivity contribution in [1.82, 2.24) is 0 Å². The Labute approximate surface area is 139 Å². The number of nitro benzene ring substituents is 1. The Morgan fingerprint density at radius 2 is 1.91 bits per heavy atom. The van der Waals surface area contributed by atoms with Gasteiger partial charge in [0.05, 0.1) is 15.4 Å². The van der Waals surface area contributed by atoms with Gasteiger partial charge in [0, 0.05) is 16.7 Å². The lowest BCUT2D eigenvalue weighted by Gasteiger charge is -2.15. The van der Waals surface area contributed by atoms with E-state index in [1.165, 1.54) is 18.2 Å². The molecule has 2 rings (SSSR count). The van der Waals surface area contributed by atoms with Crippen molar-refractivity contribution in [3.8, 4) is 11.1 Å². The first-order valence-corrected chi connectivity index (χ1v) is 8.68. The summed E-state index contributed by atoms with van der Waals surface area (Å²) in [7, 11) is -4.06. The van der Waals surface area contributed by atoms with Gasteiger partial charge in [-0.3, -0.25) is 10.1 Å². The molecule has 0 aliphatic carbocycles. The molecule has 122 valence electrons. The van der Waals surface area contributed by atoms with E-state index in [0.717, 1.165) is 0 Å². The Morgan fingerprint density at radius 1 is 1.26 bits per heavy atom. The number of nitrogens with two attached hydrogens (primary N) is 1. The zero-order chi connectivity index (χ0) is 17.4. The average molecular weight is 355 g/mol. The van der Waals surface area contributed by atoms with E-state index >= 15 is 0 Å². The smallest absolute Gasteiger partial charge is 0.258 e. The first-order valence-electron chi connectivity index (χ1n) is 6.76.